The largest absolute Gasteiger partial charge is 0.480 e. The Kier molecular flexibility index (Phi) is 7.51. The van der Waals surface area contributed by atoms with E-state index in [-0.39, 0.29) is 31.4 Å². The summed E-state index contributed by atoms with van der Waals surface area (Å²) in [5.74, 6) is -2.17. The molecule has 2 aromatic rings. The molecule has 2 aromatic carbocycles. The van der Waals surface area contributed by atoms with Crippen LogP contribution in [0, 0.1) is 11.8 Å². The predicted molar refractivity (Wildman–Crippen MR) is 121 cm³/mol. The van der Waals surface area contributed by atoms with E-state index in [2.05, 4.69) is 22.8 Å². The number of nitrogens with one attached hydrogen (secondary N) is 2. The first-order valence-electron chi connectivity index (χ1n) is 11.0. The highest BCUT2D eigenvalue weighted by Crippen LogP contribution is 2.44. The normalized spacial score (nSPS) is 14.2. The number of fused-ring (bicyclic) bond motifs is 3. The van der Waals surface area contributed by atoms with Crippen molar-refractivity contribution in [1.82, 2.24) is 10.6 Å². The molecule has 1 aliphatic rings. The zero-order chi connectivity index (χ0) is 23.3. The van der Waals surface area contributed by atoms with Crippen molar-refractivity contribution in [2.24, 2.45) is 11.8 Å². The lowest BCUT2D eigenvalue weighted by molar-refractivity contribution is -0.142. The minimum absolute atomic E-state index is 0.0433. The van der Waals surface area contributed by atoms with E-state index in [0.29, 0.717) is 0 Å². The van der Waals surface area contributed by atoms with Gasteiger partial charge in [-0.05, 0) is 34.6 Å². The van der Waals surface area contributed by atoms with E-state index < -0.39 is 29.9 Å². The van der Waals surface area contributed by atoms with Gasteiger partial charge in [-0.2, -0.15) is 0 Å². The molecule has 3 N–H and O–H groups in total. The number of rotatable bonds is 9. The van der Waals surface area contributed by atoms with Crippen LogP contribution in [0.2, 0.25) is 0 Å². The Balaban J connectivity index is 1.59. The molecule has 7 heteroatoms. The van der Waals surface area contributed by atoms with Crippen LogP contribution >= 0.6 is 0 Å². The first kappa shape index (κ1) is 23.3. The van der Waals surface area contributed by atoms with Crippen LogP contribution in [0.15, 0.2) is 48.5 Å². The second-order valence-corrected chi connectivity index (χ2v) is 8.36. The molecule has 2 atom stereocenters. The van der Waals surface area contributed by atoms with E-state index in [1.165, 1.54) is 0 Å². The summed E-state index contributed by atoms with van der Waals surface area (Å²) in [6, 6.07) is 15.2. The quantitative estimate of drug-likeness (QED) is 0.553. The van der Waals surface area contributed by atoms with Gasteiger partial charge in [0, 0.05) is 12.5 Å². The van der Waals surface area contributed by atoms with Crippen molar-refractivity contribution < 1.29 is 24.2 Å². The highest BCUT2D eigenvalue weighted by atomic mass is 16.5. The summed E-state index contributed by atoms with van der Waals surface area (Å²) in [5, 5.41) is 14.4. The van der Waals surface area contributed by atoms with E-state index in [1.54, 1.807) is 6.92 Å². The van der Waals surface area contributed by atoms with Gasteiger partial charge in [-0.3, -0.25) is 4.79 Å². The van der Waals surface area contributed by atoms with Gasteiger partial charge in [0.05, 0.1) is 5.92 Å². The molecule has 7 nitrogen and oxygen atoms in total. The summed E-state index contributed by atoms with van der Waals surface area (Å²) in [5.41, 5.74) is 4.55. The molecule has 170 valence electrons. The van der Waals surface area contributed by atoms with Gasteiger partial charge in [0.1, 0.15) is 12.6 Å². The summed E-state index contributed by atoms with van der Waals surface area (Å²) in [4.78, 5) is 36.2. The number of carbonyl (C=O) groups is 3. The highest BCUT2D eigenvalue weighted by molar-refractivity contribution is 5.85. The molecule has 1 aliphatic carbocycles. The minimum Gasteiger partial charge on any atom is -0.480 e. The maximum atomic E-state index is 12.5. The van der Waals surface area contributed by atoms with Crippen molar-refractivity contribution in [2.45, 2.75) is 39.2 Å². The fourth-order valence-electron chi connectivity index (χ4n) is 4.09. The number of hydrogen-bond acceptors (Lipinski definition) is 4. The van der Waals surface area contributed by atoms with E-state index in [9.17, 15) is 14.4 Å². The van der Waals surface area contributed by atoms with Gasteiger partial charge in [0.2, 0.25) is 5.91 Å². The first-order chi connectivity index (χ1) is 15.3. The van der Waals surface area contributed by atoms with Gasteiger partial charge in [0.25, 0.3) is 0 Å². The van der Waals surface area contributed by atoms with Crippen LogP contribution in [-0.2, 0) is 14.3 Å². The van der Waals surface area contributed by atoms with E-state index in [0.717, 1.165) is 22.3 Å². The number of hydrogen-bond donors (Lipinski definition) is 3. The summed E-state index contributed by atoms with van der Waals surface area (Å²) in [6.45, 7) is 5.65. The monoisotopic (exact) mass is 438 g/mol. The number of benzene rings is 2. The van der Waals surface area contributed by atoms with Crippen molar-refractivity contribution >= 4 is 18.0 Å². The Hall–Kier alpha value is -3.35. The third-order valence-electron chi connectivity index (χ3n) is 5.97. The highest BCUT2D eigenvalue weighted by Gasteiger charge is 2.30. The molecule has 32 heavy (non-hydrogen) atoms. The molecular weight excluding hydrogens is 408 g/mol. The van der Waals surface area contributed by atoms with Crippen molar-refractivity contribution in [2.75, 3.05) is 13.2 Å². The van der Waals surface area contributed by atoms with Gasteiger partial charge in [-0.1, -0.05) is 69.3 Å². The van der Waals surface area contributed by atoms with E-state index >= 15 is 0 Å². The summed E-state index contributed by atoms with van der Waals surface area (Å²) < 4.78 is 5.51. The maximum Gasteiger partial charge on any atom is 0.407 e. The molecule has 0 radical (unpaired) electrons. The van der Waals surface area contributed by atoms with Crippen molar-refractivity contribution in [3.05, 3.63) is 59.7 Å². The van der Waals surface area contributed by atoms with Crippen LogP contribution in [0.5, 0.6) is 0 Å². The standard InChI is InChI=1S/C25H30N2O5/c1-4-22(24(29)30)27-23(28)20(15(2)3)13-26-25(31)32-14-21-18-11-7-5-9-16(18)17-10-6-8-12-19(17)21/h5-12,15,20-22H,4,13-14H2,1-3H3,(H,26,31)(H,27,28)(H,29,30)/t20?,22-/m1/s1. The van der Waals surface area contributed by atoms with Gasteiger partial charge in [0.15, 0.2) is 0 Å². The van der Waals surface area contributed by atoms with E-state index in [1.807, 2.05) is 50.2 Å². The van der Waals surface area contributed by atoms with Crippen LogP contribution in [0.3, 0.4) is 0 Å². The van der Waals surface area contributed by atoms with Crippen LogP contribution < -0.4 is 10.6 Å². The van der Waals surface area contributed by atoms with Gasteiger partial charge < -0.3 is 20.5 Å². The molecule has 2 amide bonds. The van der Waals surface area contributed by atoms with Crippen molar-refractivity contribution in [3.63, 3.8) is 0 Å². The van der Waals surface area contributed by atoms with Gasteiger partial charge in [-0.15, -0.1) is 0 Å². The predicted octanol–water partition coefficient (Wildman–Crippen LogP) is 3.78. The molecule has 1 unspecified atom stereocenters. The molecule has 0 fully saturated rings. The second-order valence-electron chi connectivity index (χ2n) is 8.36. The number of carbonyl (C=O) groups excluding carboxylic acids is 2. The lowest BCUT2D eigenvalue weighted by Gasteiger charge is -2.23. The Morgan fingerprint density at radius 3 is 2.06 bits per heavy atom. The van der Waals surface area contributed by atoms with Crippen LogP contribution in [0.4, 0.5) is 4.79 Å². The SMILES string of the molecule is CC[C@@H](NC(=O)C(CNC(=O)OCC1c2ccccc2-c2ccccc21)C(C)C)C(=O)O. The number of amides is 2. The fraction of sp³-hybridized carbons (Fsp3) is 0.400. The summed E-state index contributed by atoms with van der Waals surface area (Å²) in [6.07, 6.45) is -0.318. The molecule has 0 aromatic heterocycles. The Morgan fingerprint density at radius 2 is 1.56 bits per heavy atom. The van der Waals surface area contributed by atoms with Crippen LogP contribution in [0.1, 0.15) is 44.2 Å². The molecule has 0 saturated heterocycles. The lowest BCUT2D eigenvalue weighted by atomic mass is 9.94. The number of aliphatic carboxylic acids is 1. The van der Waals surface area contributed by atoms with Crippen LogP contribution in [-0.4, -0.2) is 42.3 Å². The minimum atomic E-state index is -1.08. The third kappa shape index (κ3) is 5.10. The molecule has 0 saturated carbocycles. The molecule has 0 spiro atoms. The number of carboxylic acids is 1. The third-order valence-corrected chi connectivity index (χ3v) is 5.97. The number of carboxylic acid groups (broad SMARTS) is 1. The smallest absolute Gasteiger partial charge is 0.407 e. The topological polar surface area (TPSA) is 105 Å². The molecule has 0 heterocycles. The van der Waals surface area contributed by atoms with Crippen LogP contribution in [0.25, 0.3) is 11.1 Å². The average molecular weight is 439 g/mol. The summed E-state index contributed by atoms with van der Waals surface area (Å²) in [7, 11) is 0. The lowest BCUT2D eigenvalue weighted by Crippen LogP contribution is -2.47. The Morgan fingerprint density at radius 1 is 1.00 bits per heavy atom. The number of ether oxygens (including phenoxy) is 1. The Bertz CT molecular complexity index is 942. The van der Waals surface area contributed by atoms with Crippen molar-refractivity contribution in [3.8, 4) is 11.1 Å². The molecular formula is C25H30N2O5. The molecule has 3 rings (SSSR count). The second kappa shape index (κ2) is 10.3. The maximum absolute atomic E-state index is 12.5. The van der Waals surface area contributed by atoms with Gasteiger partial charge >= 0.3 is 12.1 Å². The fourth-order valence-corrected chi connectivity index (χ4v) is 4.09. The van der Waals surface area contributed by atoms with Gasteiger partial charge in [-0.25, -0.2) is 9.59 Å². The first-order valence-corrected chi connectivity index (χ1v) is 11.0. The zero-order valence-corrected chi connectivity index (χ0v) is 18.6. The van der Waals surface area contributed by atoms with Crippen molar-refractivity contribution in [1.29, 1.82) is 0 Å². The summed E-state index contributed by atoms with van der Waals surface area (Å²) >= 11 is 0. The molecule has 0 bridgehead atoms. The van der Waals surface area contributed by atoms with E-state index in [4.69, 9.17) is 9.84 Å². The average Bonchev–Trinajstić information content (AvgIpc) is 3.09. The number of alkyl carbamates (subject to hydrolysis) is 1. The Labute approximate surface area is 188 Å². The zero-order valence-electron chi connectivity index (χ0n) is 18.6. The molecule has 0 aliphatic heterocycles.